The number of carbonyl (C=O) groups is 1. The van der Waals surface area contributed by atoms with Crippen molar-refractivity contribution in [2.45, 2.75) is 45.8 Å². The van der Waals surface area contributed by atoms with Gasteiger partial charge in [0.25, 0.3) is 5.22 Å². The van der Waals surface area contributed by atoms with Gasteiger partial charge in [-0.3, -0.25) is 4.79 Å². The zero-order valence-corrected chi connectivity index (χ0v) is 14.3. The second-order valence-electron chi connectivity index (χ2n) is 5.12. The molecule has 0 unspecified atom stereocenters. The van der Waals surface area contributed by atoms with Crippen LogP contribution in [0.4, 0.5) is 5.69 Å². The Kier molecular flexibility index (Phi) is 5.66. The Morgan fingerprint density at radius 1 is 1.23 bits per heavy atom. The third kappa shape index (κ3) is 3.91. The van der Waals surface area contributed by atoms with Gasteiger partial charge < -0.3 is 9.73 Å². The van der Waals surface area contributed by atoms with Crippen LogP contribution in [0, 0.1) is 13.8 Å². The van der Waals surface area contributed by atoms with Gasteiger partial charge in [0.05, 0.1) is 11.4 Å². The molecular formula is C17H22N2O2S. The van der Waals surface area contributed by atoms with Gasteiger partial charge in [0, 0.05) is 5.69 Å². The predicted molar refractivity (Wildman–Crippen MR) is 90.5 cm³/mol. The first-order valence-corrected chi connectivity index (χ1v) is 8.51. The summed E-state index contributed by atoms with van der Waals surface area (Å²) in [6, 6.07) is 6.16. The van der Waals surface area contributed by atoms with Crippen LogP contribution in [-0.2, 0) is 17.6 Å². The lowest BCUT2D eigenvalue weighted by atomic mass is 10.0. The van der Waals surface area contributed by atoms with Gasteiger partial charge in [0.15, 0.2) is 0 Å². The van der Waals surface area contributed by atoms with Crippen LogP contribution in [0.25, 0.3) is 0 Å². The van der Waals surface area contributed by atoms with E-state index in [2.05, 4.69) is 36.3 Å². The molecule has 0 fully saturated rings. The van der Waals surface area contributed by atoms with E-state index < -0.39 is 0 Å². The summed E-state index contributed by atoms with van der Waals surface area (Å²) in [5, 5.41) is 3.59. The molecule has 4 nitrogen and oxygen atoms in total. The van der Waals surface area contributed by atoms with E-state index in [9.17, 15) is 4.79 Å². The van der Waals surface area contributed by atoms with Crippen LogP contribution in [-0.4, -0.2) is 16.6 Å². The van der Waals surface area contributed by atoms with Crippen molar-refractivity contribution >= 4 is 23.4 Å². The van der Waals surface area contributed by atoms with Crippen molar-refractivity contribution in [2.24, 2.45) is 0 Å². The number of para-hydroxylation sites is 1. The molecule has 0 spiro atoms. The molecule has 1 heterocycles. The number of hydrogen-bond donors (Lipinski definition) is 1. The third-order valence-electron chi connectivity index (χ3n) is 3.60. The van der Waals surface area contributed by atoms with Crippen LogP contribution in [0.3, 0.4) is 0 Å². The Morgan fingerprint density at radius 2 is 1.86 bits per heavy atom. The summed E-state index contributed by atoms with van der Waals surface area (Å²) in [5.74, 6) is 1.06. The van der Waals surface area contributed by atoms with Gasteiger partial charge in [-0.2, -0.15) is 0 Å². The topological polar surface area (TPSA) is 55.1 Å². The molecule has 2 rings (SSSR count). The summed E-state index contributed by atoms with van der Waals surface area (Å²) in [6.07, 6.45) is 1.80. The Hall–Kier alpha value is -1.75. The maximum Gasteiger partial charge on any atom is 0.256 e. The molecule has 1 N–H and O–H groups in total. The Balaban J connectivity index is 2.03. The fourth-order valence-corrected chi connectivity index (χ4v) is 2.92. The summed E-state index contributed by atoms with van der Waals surface area (Å²) < 4.78 is 5.48. The molecular weight excluding hydrogens is 296 g/mol. The first-order valence-electron chi connectivity index (χ1n) is 7.52. The number of hydrogen-bond acceptors (Lipinski definition) is 4. The summed E-state index contributed by atoms with van der Waals surface area (Å²) in [5.41, 5.74) is 4.16. The Labute approximate surface area is 135 Å². The summed E-state index contributed by atoms with van der Waals surface area (Å²) in [6.45, 7) is 7.96. The first kappa shape index (κ1) is 16.6. The monoisotopic (exact) mass is 318 g/mol. The highest BCUT2D eigenvalue weighted by Gasteiger charge is 2.12. The van der Waals surface area contributed by atoms with Gasteiger partial charge in [-0.1, -0.05) is 43.8 Å². The molecule has 0 atom stereocenters. The van der Waals surface area contributed by atoms with Gasteiger partial charge in [-0.25, -0.2) is 4.98 Å². The summed E-state index contributed by atoms with van der Waals surface area (Å²) in [7, 11) is 0. The van der Waals surface area contributed by atoms with Crippen LogP contribution in [0.2, 0.25) is 0 Å². The maximum atomic E-state index is 12.2. The molecule has 2 aromatic rings. The molecule has 5 heteroatoms. The fraction of sp³-hybridized carbons (Fsp3) is 0.412. The predicted octanol–water partition coefficient (Wildman–Crippen LogP) is 4.15. The van der Waals surface area contributed by atoms with E-state index in [4.69, 9.17) is 4.42 Å². The average Bonchev–Trinajstić information content (AvgIpc) is 2.84. The normalized spacial score (nSPS) is 10.7. The molecule has 1 aromatic carbocycles. The van der Waals surface area contributed by atoms with Crippen molar-refractivity contribution in [3.8, 4) is 0 Å². The van der Waals surface area contributed by atoms with Crippen molar-refractivity contribution in [3.05, 3.63) is 40.8 Å². The van der Waals surface area contributed by atoms with Crippen LogP contribution in [0.5, 0.6) is 0 Å². The number of nitrogens with one attached hydrogen (secondary N) is 1. The van der Waals surface area contributed by atoms with Crippen molar-refractivity contribution < 1.29 is 9.21 Å². The lowest BCUT2D eigenvalue weighted by Crippen LogP contribution is -2.16. The number of amides is 1. The van der Waals surface area contributed by atoms with Crippen LogP contribution >= 0.6 is 11.8 Å². The second kappa shape index (κ2) is 7.49. The Morgan fingerprint density at radius 3 is 2.36 bits per heavy atom. The SMILES string of the molecule is CCc1cccc(CC)c1NC(=O)CSc1nc(C)c(C)o1. The zero-order valence-electron chi connectivity index (χ0n) is 13.5. The van der Waals surface area contributed by atoms with Crippen LogP contribution < -0.4 is 5.32 Å². The van der Waals surface area contributed by atoms with Gasteiger partial charge in [0.2, 0.25) is 5.91 Å². The highest BCUT2D eigenvalue weighted by atomic mass is 32.2. The van der Waals surface area contributed by atoms with Gasteiger partial charge >= 0.3 is 0 Å². The number of oxazole rings is 1. The van der Waals surface area contributed by atoms with Gasteiger partial charge in [-0.05, 0) is 37.8 Å². The van der Waals surface area contributed by atoms with E-state index in [0.717, 1.165) is 30.0 Å². The van der Waals surface area contributed by atoms with E-state index in [0.29, 0.717) is 11.0 Å². The van der Waals surface area contributed by atoms with Crippen LogP contribution in [0.15, 0.2) is 27.8 Å². The summed E-state index contributed by atoms with van der Waals surface area (Å²) in [4.78, 5) is 16.5. The van der Waals surface area contributed by atoms with Crippen LogP contribution in [0.1, 0.15) is 36.4 Å². The van der Waals surface area contributed by atoms with E-state index in [1.807, 2.05) is 19.9 Å². The van der Waals surface area contributed by atoms with Crippen molar-refractivity contribution in [1.82, 2.24) is 4.98 Å². The Bertz CT molecular complexity index is 623. The minimum Gasteiger partial charge on any atom is -0.437 e. The molecule has 0 saturated carbocycles. The smallest absolute Gasteiger partial charge is 0.256 e. The lowest BCUT2D eigenvalue weighted by molar-refractivity contribution is -0.113. The molecule has 0 radical (unpaired) electrons. The fourth-order valence-electron chi connectivity index (χ4n) is 2.21. The van der Waals surface area contributed by atoms with E-state index in [-0.39, 0.29) is 5.91 Å². The van der Waals surface area contributed by atoms with Gasteiger partial charge in [-0.15, -0.1) is 0 Å². The van der Waals surface area contributed by atoms with Crippen molar-refractivity contribution in [3.63, 3.8) is 0 Å². The minimum absolute atomic E-state index is 0.0332. The van der Waals surface area contributed by atoms with E-state index in [1.54, 1.807) is 0 Å². The number of rotatable bonds is 6. The molecule has 0 bridgehead atoms. The standard InChI is InChI=1S/C17H22N2O2S/c1-5-13-8-7-9-14(6-2)16(13)19-15(20)10-22-17-18-11(3)12(4)21-17/h7-9H,5-6,10H2,1-4H3,(H,19,20). The molecule has 1 aromatic heterocycles. The highest BCUT2D eigenvalue weighted by molar-refractivity contribution is 7.99. The number of carbonyl (C=O) groups excluding carboxylic acids is 1. The molecule has 0 aliphatic heterocycles. The van der Waals surface area contributed by atoms with E-state index >= 15 is 0 Å². The third-order valence-corrected chi connectivity index (χ3v) is 4.43. The zero-order chi connectivity index (χ0) is 16.1. The highest BCUT2D eigenvalue weighted by Crippen LogP contribution is 2.24. The molecule has 118 valence electrons. The maximum absolute atomic E-state index is 12.2. The quantitative estimate of drug-likeness (QED) is 0.813. The molecule has 1 amide bonds. The molecule has 0 saturated heterocycles. The number of nitrogens with zero attached hydrogens (tertiary/aromatic N) is 1. The largest absolute Gasteiger partial charge is 0.437 e. The first-order chi connectivity index (χ1) is 10.5. The lowest BCUT2D eigenvalue weighted by Gasteiger charge is -2.14. The number of thioether (sulfide) groups is 1. The summed E-state index contributed by atoms with van der Waals surface area (Å²) >= 11 is 1.32. The molecule has 0 aliphatic carbocycles. The van der Waals surface area contributed by atoms with E-state index in [1.165, 1.54) is 22.9 Å². The number of anilines is 1. The average molecular weight is 318 g/mol. The van der Waals surface area contributed by atoms with Crippen molar-refractivity contribution in [2.75, 3.05) is 11.1 Å². The van der Waals surface area contributed by atoms with Crippen molar-refractivity contribution in [1.29, 1.82) is 0 Å². The molecule has 0 aliphatic rings. The number of aromatic nitrogens is 1. The minimum atomic E-state index is -0.0332. The molecule has 22 heavy (non-hydrogen) atoms. The van der Waals surface area contributed by atoms with Gasteiger partial charge in [0.1, 0.15) is 5.76 Å². The number of benzene rings is 1. The second-order valence-corrected chi connectivity index (χ2v) is 6.04. The number of aryl methyl sites for hydroxylation is 4.